The number of nitrogens with zero attached hydrogens (tertiary/aromatic N) is 1. The number of carbonyl (C=O) groups is 2. The van der Waals surface area contributed by atoms with Crippen LogP contribution in [-0.2, 0) is 27.9 Å². The zero-order valence-corrected chi connectivity index (χ0v) is 43.6. The van der Waals surface area contributed by atoms with Crippen molar-refractivity contribution in [3.63, 3.8) is 0 Å². The topological polar surface area (TPSA) is 111 Å². The molecule has 376 valence electrons. The lowest BCUT2D eigenvalue weighted by molar-refractivity contribution is -0.870. The Morgan fingerprint density at radius 1 is 0.554 bits per heavy atom. The highest BCUT2D eigenvalue weighted by molar-refractivity contribution is 7.47. The number of allylic oxidation sites excluding steroid dienone is 11. The summed E-state index contributed by atoms with van der Waals surface area (Å²) in [6.07, 6.45) is 56.3. The van der Waals surface area contributed by atoms with Crippen LogP contribution in [0.3, 0.4) is 0 Å². The Morgan fingerprint density at radius 3 is 1.48 bits per heavy atom. The van der Waals surface area contributed by atoms with E-state index in [1.807, 2.05) is 45.4 Å². The molecule has 2 N–H and O–H groups in total. The maximum Gasteiger partial charge on any atom is 0.472 e. The molecule has 9 nitrogen and oxygen atoms in total. The van der Waals surface area contributed by atoms with Crippen LogP contribution in [0.1, 0.15) is 213 Å². The number of hydrogen-bond donors (Lipinski definition) is 2. The van der Waals surface area contributed by atoms with Crippen LogP contribution >= 0.6 is 7.82 Å². The van der Waals surface area contributed by atoms with Crippen LogP contribution in [-0.4, -0.2) is 74.3 Å². The summed E-state index contributed by atoms with van der Waals surface area (Å²) >= 11 is 0. The van der Waals surface area contributed by atoms with Gasteiger partial charge in [0.05, 0.1) is 33.8 Å². The van der Waals surface area contributed by atoms with Crippen molar-refractivity contribution in [2.45, 2.75) is 226 Å². The fourth-order valence-corrected chi connectivity index (χ4v) is 7.84. The van der Waals surface area contributed by atoms with Gasteiger partial charge in [0.2, 0.25) is 5.91 Å². The molecule has 0 aliphatic rings. The summed E-state index contributed by atoms with van der Waals surface area (Å²) in [4.78, 5) is 37.3. The molecule has 3 unspecified atom stereocenters. The van der Waals surface area contributed by atoms with E-state index in [0.29, 0.717) is 17.4 Å². The minimum absolute atomic E-state index is 0.0255. The molecule has 0 aliphatic carbocycles. The van der Waals surface area contributed by atoms with Gasteiger partial charge in [-0.3, -0.25) is 18.6 Å². The van der Waals surface area contributed by atoms with Crippen molar-refractivity contribution < 1.29 is 37.3 Å². The normalized spacial score (nSPS) is 14.5. The quantitative estimate of drug-likeness (QED) is 0.0206. The molecule has 0 rings (SSSR count). The van der Waals surface area contributed by atoms with Crippen molar-refractivity contribution in [2.24, 2.45) is 0 Å². The zero-order chi connectivity index (χ0) is 48.0. The summed E-state index contributed by atoms with van der Waals surface area (Å²) in [5.41, 5.74) is 0. The standard InChI is InChI=1S/C55H99N2O7P/c1-7-10-13-16-19-22-25-27-28-29-30-33-35-38-41-44-47-54(58)56-52(51-63-65(60,61)62-50-49-57(4,5)6)53(46-43-40-37-34-32-26-23-20-17-14-11-8-2)64-55(59)48-45-42-39-36-31-24-21-18-15-12-9-3/h10,13,19,22,27-28,30,33,38,41,43,46,52-53H,7-9,11-12,14-18,20-21,23-26,29,31-32,34-37,39-40,42,44-45,47-51H2,1-6H3,(H-,56,58,60,61)/p+1/b13-10+,22-19+,28-27+,33-30+,41-38+,46-43-. The first-order chi connectivity index (χ1) is 31.4. The lowest BCUT2D eigenvalue weighted by Gasteiger charge is -2.27. The average Bonchev–Trinajstić information content (AvgIpc) is 3.26. The monoisotopic (exact) mass is 932 g/mol. The number of nitrogens with one attached hydrogen (secondary N) is 1. The van der Waals surface area contributed by atoms with Crippen molar-refractivity contribution in [3.8, 4) is 0 Å². The minimum Gasteiger partial charge on any atom is -0.456 e. The van der Waals surface area contributed by atoms with Crippen LogP contribution in [0.5, 0.6) is 0 Å². The zero-order valence-electron chi connectivity index (χ0n) is 42.7. The molecule has 0 aromatic carbocycles. The molecule has 0 saturated heterocycles. The molecule has 0 spiro atoms. The van der Waals surface area contributed by atoms with Gasteiger partial charge in [-0.05, 0) is 63.9 Å². The Bertz CT molecular complexity index is 1350. The molecule has 0 radical (unpaired) electrons. The van der Waals surface area contributed by atoms with Crippen molar-refractivity contribution in [2.75, 3.05) is 40.9 Å². The largest absolute Gasteiger partial charge is 0.472 e. The van der Waals surface area contributed by atoms with Crippen molar-refractivity contribution in [3.05, 3.63) is 72.9 Å². The summed E-state index contributed by atoms with van der Waals surface area (Å²) < 4.78 is 30.4. The Kier molecular flexibility index (Phi) is 43.5. The van der Waals surface area contributed by atoms with Gasteiger partial charge in [0.1, 0.15) is 19.3 Å². The molecule has 0 aromatic heterocycles. The van der Waals surface area contributed by atoms with Crippen LogP contribution in [0.15, 0.2) is 72.9 Å². The average molecular weight is 932 g/mol. The van der Waals surface area contributed by atoms with Crippen molar-refractivity contribution in [1.82, 2.24) is 5.32 Å². The van der Waals surface area contributed by atoms with E-state index in [1.165, 1.54) is 103 Å². The van der Waals surface area contributed by atoms with Gasteiger partial charge >= 0.3 is 13.8 Å². The third-order valence-electron chi connectivity index (χ3n) is 11.2. The van der Waals surface area contributed by atoms with Crippen LogP contribution in [0, 0.1) is 0 Å². The van der Waals surface area contributed by atoms with E-state index in [4.69, 9.17) is 13.8 Å². The maximum absolute atomic E-state index is 13.4. The van der Waals surface area contributed by atoms with Gasteiger partial charge in [-0.1, -0.05) is 210 Å². The highest BCUT2D eigenvalue weighted by atomic mass is 31.2. The predicted molar refractivity (Wildman–Crippen MR) is 277 cm³/mol. The molecular formula is C55H100N2O7P+. The van der Waals surface area contributed by atoms with E-state index in [0.717, 1.165) is 70.6 Å². The molecule has 0 fully saturated rings. The number of ether oxygens (including phenoxy) is 1. The number of quaternary nitrogens is 1. The van der Waals surface area contributed by atoms with Crippen LogP contribution in [0.2, 0.25) is 0 Å². The smallest absolute Gasteiger partial charge is 0.456 e. The first-order valence-electron chi connectivity index (χ1n) is 26.3. The first kappa shape index (κ1) is 62.4. The van der Waals surface area contributed by atoms with Gasteiger partial charge in [0.25, 0.3) is 0 Å². The third-order valence-corrected chi connectivity index (χ3v) is 12.2. The van der Waals surface area contributed by atoms with E-state index in [1.54, 1.807) is 0 Å². The molecule has 65 heavy (non-hydrogen) atoms. The molecule has 0 aromatic rings. The predicted octanol–water partition coefficient (Wildman–Crippen LogP) is 15.3. The molecule has 0 saturated carbocycles. The molecule has 0 bridgehead atoms. The van der Waals surface area contributed by atoms with Gasteiger partial charge in [-0.15, -0.1) is 0 Å². The highest BCUT2D eigenvalue weighted by Crippen LogP contribution is 2.43. The molecule has 1 amide bonds. The summed E-state index contributed by atoms with van der Waals surface area (Å²) in [5, 5.41) is 2.99. The number of likely N-dealkylation sites (N-methyl/N-ethyl adjacent to an activating group) is 1. The highest BCUT2D eigenvalue weighted by Gasteiger charge is 2.30. The number of unbranched alkanes of at least 4 members (excludes halogenated alkanes) is 20. The number of phosphoric acid groups is 1. The Labute approximate surface area is 400 Å². The second kappa shape index (κ2) is 45.2. The molecular weight excluding hydrogens is 832 g/mol. The third kappa shape index (κ3) is 46.4. The van der Waals surface area contributed by atoms with Crippen LogP contribution in [0.4, 0.5) is 0 Å². The Hall–Kier alpha value is -2.55. The van der Waals surface area contributed by atoms with E-state index < -0.39 is 20.0 Å². The number of hydrogen-bond acceptors (Lipinski definition) is 6. The lowest BCUT2D eigenvalue weighted by Crippen LogP contribution is -2.47. The summed E-state index contributed by atoms with van der Waals surface area (Å²) in [7, 11) is 1.44. The first-order valence-corrected chi connectivity index (χ1v) is 27.8. The second-order valence-electron chi connectivity index (χ2n) is 18.7. The minimum atomic E-state index is -4.46. The number of phosphoric ester groups is 1. The van der Waals surface area contributed by atoms with Gasteiger partial charge in [-0.25, -0.2) is 4.57 Å². The second-order valence-corrected chi connectivity index (χ2v) is 20.1. The number of carbonyl (C=O) groups excluding carboxylic acids is 2. The van der Waals surface area contributed by atoms with E-state index >= 15 is 0 Å². The number of rotatable bonds is 46. The molecule has 3 atom stereocenters. The van der Waals surface area contributed by atoms with E-state index in [-0.39, 0.29) is 37.9 Å². The number of esters is 1. The van der Waals surface area contributed by atoms with Gasteiger partial charge < -0.3 is 19.4 Å². The molecule has 10 heteroatoms. The summed E-state index contributed by atoms with van der Waals surface area (Å²) in [6, 6.07) is -0.886. The summed E-state index contributed by atoms with van der Waals surface area (Å²) in [5.74, 6) is -0.605. The lowest BCUT2D eigenvalue weighted by atomic mass is 10.0. The van der Waals surface area contributed by atoms with Crippen LogP contribution in [0.25, 0.3) is 0 Å². The van der Waals surface area contributed by atoms with E-state index in [2.05, 4.69) is 74.7 Å². The van der Waals surface area contributed by atoms with Crippen molar-refractivity contribution in [1.29, 1.82) is 0 Å². The van der Waals surface area contributed by atoms with Gasteiger partial charge in [0.15, 0.2) is 0 Å². The summed E-state index contributed by atoms with van der Waals surface area (Å²) in [6.45, 7) is 6.81. The maximum atomic E-state index is 13.4. The molecule has 0 aliphatic heterocycles. The SMILES string of the molecule is CC/C=C/C/C=C/C/C=C/C/C=C/C/C=C/CCC(=O)NC(COP(=O)(O)OCC[N+](C)(C)C)C(/C=C\CCCCCCCCCCCC)OC(=O)CCCCCCCCCCCCC. The Balaban J connectivity index is 5.54. The van der Waals surface area contributed by atoms with Crippen molar-refractivity contribution >= 4 is 19.7 Å². The fraction of sp³-hybridized carbons (Fsp3) is 0.745. The van der Waals surface area contributed by atoms with Gasteiger partial charge in [-0.2, -0.15) is 0 Å². The Morgan fingerprint density at radius 2 is 1.00 bits per heavy atom. The number of amides is 1. The van der Waals surface area contributed by atoms with Gasteiger partial charge in [0, 0.05) is 12.8 Å². The fourth-order valence-electron chi connectivity index (χ4n) is 7.10. The van der Waals surface area contributed by atoms with Crippen LogP contribution < -0.4 is 5.32 Å². The molecule has 0 heterocycles. The van der Waals surface area contributed by atoms with E-state index in [9.17, 15) is 19.0 Å².